The Balaban J connectivity index is 1.50. The van der Waals surface area contributed by atoms with Crippen LogP contribution < -0.4 is 15.4 Å². The molecular weight excluding hydrogens is 352 g/mol. The third-order valence-corrected chi connectivity index (χ3v) is 4.83. The van der Waals surface area contributed by atoms with Gasteiger partial charge in [0.05, 0.1) is 13.7 Å². The molecule has 3 rings (SSSR count). The monoisotopic (exact) mass is 376 g/mol. The van der Waals surface area contributed by atoms with Crippen molar-refractivity contribution in [2.24, 2.45) is 4.99 Å². The van der Waals surface area contributed by atoms with Crippen LogP contribution in [0.25, 0.3) is 0 Å². The van der Waals surface area contributed by atoms with E-state index in [9.17, 15) is 0 Å². The van der Waals surface area contributed by atoms with E-state index in [0.717, 1.165) is 66.3 Å². The first-order valence-corrected chi connectivity index (χ1v) is 9.16. The van der Waals surface area contributed by atoms with Crippen LogP contribution in [0, 0.1) is 6.92 Å². The number of halogens is 1. The number of hydrogen-bond acceptors (Lipinski definition) is 4. The number of methoxy groups -OCH3 is 1. The van der Waals surface area contributed by atoms with Gasteiger partial charge in [-0.15, -0.1) is 0 Å². The fraction of sp³-hybridized carbons (Fsp3) is 0.500. The third kappa shape index (κ3) is 4.46. The quantitative estimate of drug-likeness (QED) is 0.616. The maximum Gasteiger partial charge on any atom is 0.191 e. The van der Waals surface area contributed by atoms with Crippen molar-refractivity contribution in [1.82, 2.24) is 25.4 Å². The average molecular weight is 377 g/mol. The minimum absolute atomic E-state index is 0.291. The summed E-state index contributed by atoms with van der Waals surface area (Å²) >= 11 is 6.29. The molecular formula is C18H25ClN6O. The van der Waals surface area contributed by atoms with Crippen LogP contribution in [-0.2, 0) is 19.4 Å². The number of rotatable bonds is 5. The Morgan fingerprint density at radius 3 is 3.04 bits per heavy atom. The van der Waals surface area contributed by atoms with Gasteiger partial charge in [-0.1, -0.05) is 17.7 Å². The fourth-order valence-corrected chi connectivity index (χ4v) is 3.38. The Labute approximate surface area is 158 Å². The van der Waals surface area contributed by atoms with Gasteiger partial charge in [-0.05, 0) is 37.5 Å². The van der Waals surface area contributed by atoms with E-state index in [4.69, 9.17) is 16.3 Å². The number of fused-ring (bicyclic) bond motifs is 1. The van der Waals surface area contributed by atoms with Gasteiger partial charge in [-0.25, -0.2) is 9.67 Å². The molecule has 1 aromatic carbocycles. The molecule has 26 heavy (non-hydrogen) atoms. The van der Waals surface area contributed by atoms with Crippen LogP contribution >= 0.6 is 11.6 Å². The highest BCUT2D eigenvalue weighted by molar-refractivity contribution is 6.31. The van der Waals surface area contributed by atoms with Gasteiger partial charge < -0.3 is 15.4 Å². The predicted octanol–water partition coefficient (Wildman–Crippen LogP) is 1.97. The van der Waals surface area contributed by atoms with Gasteiger partial charge in [0.15, 0.2) is 5.96 Å². The van der Waals surface area contributed by atoms with Gasteiger partial charge in [-0.2, -0.15) is 5.10 Å². The lowest BCUT2D eigenvalue weighted by Gasteiger charge is -2.25. The normalized spacial score (nSPS) is 16.9. The van der Waals surface area contributed by atoms with Crippen molar-refractivity contribution >= 4 is 17.6 Å². The topological polar surface area (TPSA) is 76.4 Å². The lowest BCUT2D eigenvalue weighted by molar-refractivity contribution is 0.392. The Morgan fingerprint density at radius 2 is 2.31 bits per heavy atom. The number of aryl methyl sites for hydroxylation is 2. The van der Waals surface area contributed by atoms with Crippen LogP contribution in [0.1, 0.15) is 23.6 Å². The molecule has 2 N–H and O–H groups in total. The third-order valence-electron chi connectivity index (χ3n) is 4.48. The smallest absolute Gasteiger partial charge is 0.191 e. The number of hydrogen-bond donors (Lipinski definition) is 2. The van der Waals surface area contributed by atoms with Crippen LogP contribution in [-0.4, -0.2) is 47.5 Å². The molecule has 0 saturated heterocycles. The Bertz CT molecular complexity index is 788. The number of benzene rings is 1. The summed E-state index contributed by atoms with van der Waals surface area (Å²) in [5, 5.41) is 12.0. The first-order chi connectivity index (χ1) is 12.6. The molecule has 0 spiro atoms. The highest BCUT2D eigenvalue weighted by atomic mass is 35.5. The molecule has 1 aromatic heterocycles. The zero-order valence-electron chi connectivity index (χ0n) is 15.4. The second-order valence-electron chi connectivity index (χ2n) is 6.34. The molecule has 0 bridgehead atoms. The maximum atomic E-state index is 6.29. The van der Waals surface area contributed by atoms with E-state index in [1.54, 1.807) is 14.2 Å². The summed E-state index contributed by atoms with van der Waals surface area (Å²) in [7, 11) is 3.42. The van der Waals surface area contributed by atoms with E-state index in [-0.39, 0.29) is 0 Å². The second-order valence-corrected chi connectivity index (χ2v) is 6.75. The van der Waals surface area contributed by atoms with Gasteiger partial charge in [0.2, 0.25) is 0 Å². The lowest BCUT2D eigenvalue weighted by atomic mass is 10.1. The van der Waals surface area contributed by atoms with E-state index >= 15 is 0 Å². The van der Waals surface area contributed by atoms with Gasteiger partial charge in [0.1, 0.15) is 17.4 Å². The minimum atomic E-state index is 0.291. The van der Waals surface area contributed by atoms with Crippen LogP contribution in [0.15, 0.2) is 23.2 Å². The van der Waals surface area contributed by atoms with E-state index in [1.807, 2.05) is 29.8 Å². The summed E-state index contributed by atoms with van der Waals surface area (Å²) in [4.78, 5) is 8.77. The maximum absolute atomic E-state index is 6.29. The first kappa shape index (κ1) is 18.5. The van der Waals surface area contributed by atoms with Gasteiger partial charge in [-0.3, -0.25) is 4.99 Å². The number of nitrogens with zero attached hydrogens (tertiary/aromatic N) is 4. The Morgan fingerprint density at radius 1 is 1.46 bits per heavy atom. The van der Waals surface area contributed by atoms with Crippen molar-refractivity contribution < 1.29 is 4.74 Å². The van der Waals surface area contributed by atoms with E-state index in [0.29, 0.717) is 6.04 Å². The molecule has 8 heteroatoms. The molecule has 140 valence electrons. The van der Waals surface area contributed by atoms with Crippen LogP contribution in [0.4, 0.5) is 0 Å². The standard InChI is InChI=1S/C18H25ClN6O/c1-12-22-17-7-5-14(11-25(17)24-12)23-18(20-2)21-9-8-13-4-6-15(26-3)10-16(13)19/h4,6,10,14H,5,7-9,11H2,1-3H3,(H2,20,21,23). The fourth-order valence-electron chi connectivity index (χ4n) is 3.11. The van der Waals surface area contributed by atoms with Crippen LogP contribution in [0.5, 0.6) is 5.75 Å². The molecule has 0 aliphatic carbocycles. The highest BCUT2D eigenvalue weighted by Crippen LogP contribution is 2.22. The number of aliphatic imine (C=N–C) groups is 1. The molecule has 7 nitrogen and oxygen atoms in total. The number of aromatic nitrogens is 3. The summed E-state index contributed by atoms with van der Waals surface area (Å²) in [6.07, 6.45) is 2.75. The SMILES string of the molecule is CN=C(NCCc1ccc(OC)cc1Cl)NC1CCc2nc(C)nn2C1. The van der Waals surface area contributed by atoms with Crippen molar-refractivity contribution in [3.05, 3.63) is 40.4 Å². The van der Waals surface area contributed by atoms with Crippen molar-refractivity contribution in [3.63, 3.8) is 0 Å². The number of guanidine groups is 1. The Hall–Kier alpha value is -2.28. The largest absolute Gasteiger partial charge is 0.497 e. The minimum Gasteiger partial charge on any atom is -0.497 e. The number of ether oxygens (including phenoxy) is 1. The predicted molar refractivity (Wildman–Crippen MR) is 103 cm³/mol. The van der Waals surface area contributed by atoms with Gasteiger partial charge in [0, 0.05) is 31.1 Å². The molecule has 2 heterocycles. The summed E-state index contributed by atoms with van der Waals surface area (Å²) in [5.41, 5.74) is 1.08. The summed E-state index contributed by atoms with van der Waals surface area (Å²) < 4.78 is 7.17. The molecule has 0 amide bonds. The number of nitrogens with one attached hydrogen (secondary N) is 2. The molecule has 1 unspecified atom stereocenters. The molecule has 2 aromatic rings. The first-order valence-electron chi connectivity index (χ1n) is 8.79. The van der Waals surface area contributed by atoms with Crippen molar-refractivity contribution in [3.8, 4) is 5.75 Å². The van der Waals surface area contributed by atoms with Gasteiger partial charge in [0.25, 0.3) is 0 Å². The van der Waals surface area contributed by atoms with E-state index in [2.05, 4.69) is 25.7 Å². The molecule has 1 atom stereocenters. The molecule has 0 saturated carbocycles. The summed E-state index contributed by atoms with van der Waals surface area (Å²) in [6.45, 7) is 3.48. The van der Waals surface area contributed by atoms with Crippen molar-refractivity contribution in [1.29, 1.82) is 0 Å². The van der Waals surface area contributed by atoms with Crippen LogP contribution in [0.3, 0.4) is 0 Å². The zero-order valence-corrected chi connectivity index (χ0v) is 16.2. The molecule has 0 fully saturated rings. The average Bonchev–Trinajstić information content (AvgIpc) is 3.01. The Kier molecular flexibility index (Phi) is 5.98. The van der Waals surface area contributed by atoms with Crippen molar-refractivity contribution in [2.45, 2.75) is 38.8 Å². The molecule has 0 radical (unpaired) electrons. The lowest BCUT2D eigenvalue weighted by Crippen LogP contribution is -2.47. The van der Waals surface area contributed by atoms with E-state index < -0.39 is 0 Å². The molecule has 1 aliphatic rings. The molecule has 1 aliphatic heterocycles. The van der Waals surface area contributed by atoms with Crippen LogP contribution in [0.2, 0.25) is 5.02 Å². The summed E-state index contributed by atoms with van der Waals surface area (Å²) in [5.74, 6) is 3.46. The zero-order chi connectivity index (χ0) is 18.5. The highest BCUT2D eigenvalue weighted by Gasteiger charge is 2.21. The second kappa shape index (κ2) is 8.40. The summed E-state index contributed by atoms with van der Waals surface area (Å²) in [6, 6.07) is 6.05. The van der Waals surface area contributed by atoms with Crippen molar-refractivity contribution in [2.75, 3.05) is 20.7 Å². The van der Waals surface area contributed by atoms with Gasteiger partial charge >= 0.3 is 0 Å². The van der Waals surface area contributed by atoms with E-state index in [1.165, 1.54) is 0 Å².